The van der Waals surface area contributed by atoms with Crippen molar-refractivity contribution in [1.29, 1.82) is 0 Å². The Labute approximate surface area is 148 Å². The molecular formula is C19H38ClNO2. The lowest BCUT2D eigenvalue weighted by Crippen LogP contribution is -2.17. The summed E-state index contributed by atoms with van der Waals surface area (Å²) in [5.41, 5.74) is 1.68. The molecule has 4 heteroatoms. The molecule has 0 rings (SSSR count). The Morgan fingerprint density at radius 2 is 0.913 bits per heavy atom. The molecule has 3 nitrogen and oxygen atoms in total. The molecule has 0 saturated carbocycles. The van der Waals surface area contributed by atoms with Gasteiger partial charge in [0.1, 0.15) is 0 Å². The van der Waals surface area contributed by atoms with Gasteiger partial charge in [0, 0.05) is 12.3 Å². The predicted octanol–water partition coefficient (Wildman–Crippen LogP) is 6.36. The van der Waals surface area contributed by atoms with E-state index in [1.807, 2.05) is 0 Å². The highest BCUT2D eigenvalue weighted by molar-refractivity contribution is 6.17. The Morgan fingerprint density at radius 1 is 0.609 bits per heavy atom. The number of carbonyl (C=O) groups is 1. The van der Waals surface area contributed by atoms with Crippen LogP contribution in [0.5, 0.6) is 0 Å². The van der Waals surface area contributed by atoms with Crippen molar-refractivity contribution < 1.29 is 10.0 Å². The van der Waals surface area contributed by atoms with Crippen LogP contribution in [0.2, 0.25) is 0 Å². The molecule has 23 heavy (non-hydrogen) atoms. The van der Waals surface area contributed by atoms with E-state index in [2.05, 4.69) is 0 Å². The summed E-state index contributed by atoms with van der Waals surface area (Å²) in [7, 11) is 0. The minimum atomic E-state index is -0.264. The number of hydroxylamine groups is 1. The first-order chi connectivity index (χ1) is 11.3. The van der Waals surface area contributed by atoms with Crippen LogP contribution in [0.15, 0.2) is 0 Å². The highest BCUT2D eigenvalue weighted by atomic mass is 35.5. The highest BCUT2D eigenvalue weighted by Gasteiger charge is 1.98. The maximum Gasteiger partial charge on any atom is 0.243 e. The molecule has 0 saturated heterocycles. The van der Waals surface area contributed by atoms with E-state index < -0.39 is 0 Å². The molecule has 0 aromatic heterocycles. The van der Waals surface area contributed by atoms with Crippen molar-refractivity contribution >= 4 is 17.5 Å². The molecule has 0 radical (unpaired) electrons. The lowest BCUT2D eigenvalue weighted by Gasteiger charge is -2.03. The molecule has 0 aliphatic carbocycles. The highest BCUT2D eigenvalue weighted by Crippen LogP contribution is 2.14. The fraction of sp³-hybridized carbons (Fsp3) is 0.947. The number of carbonyl (C=O) groups excluding carboxylic acids is 1. The molecule has 1 amide bonds. The second kappa shape index (κ2) is 19.8. The summed E-state index contributed by atoms with van der Waals surface area (Å²) in [6, 6.07) is 0. The van der Waals surface area contributed by atoms with E-state index >= 15 is 0 Å². The van der Waals surface area contributed by atoms with E-state index in [9.17, 15) is 4.79 Å². The lowest BCUT2D eigenvalue weighted by atomic mass is 10.0. The summed E-state index contributed by atoms with van der Waals surface area (Å²) in [5.74, 6) is 0.557. The summed E-state index contributed by atoms with van der Waals surface area (Å²) in [5, 5.41) is 8.37. The first-order valence-corrected chi connectivity index (χ1v) is 10.3. The van der Waals surface area contributed by atoms with Gasteiger partial charge in [-0.1, -0.05) is 89.9 Å². The van der Waals surface area contributed by atoms with Crippen molar-refractivity contribution in [2.75, 3.05) is 5.88 Å². The molecule has 0 aliphatic rings. The number of hydrogen-bond acceptors (Lipinski definition) is 2. The van der Waals surface area contributed by atoms with Crippen LogP contribution in [0.25, 0.3) is 0 Å². The van der Waals surface area contributed by atoms with Gasteiger partial charge in [0.15, 0.2) is 0 Å². The van der Waals surface area contributed by atoms with Gasteiger partial charge in [-0.3, -0.25) is 10.0 Å². The third kappa shape index (κ3) is 19.7. The van der Waals surface area contributed by atoms with Gasteiger partial charge in [0.25, 0.3) is 0 Å². The van der Waals surface area contributed by atoms with Crippen LogP contribution in [0, 0.1) is 0 Å². The first-order valence-electron chi connectivity index (χ1n) is 9.80. The number of rotatable bonds is 18. The smallest absolute Gasteiger partial charge is 0.243 e. The number of alkyl halides is 1. The topological polar surface area (TPSA) is 49.3 Å². The van der Waals surface area contributed by atoms with E-state index in [-0.39, 0.29) is 5.91 Å². The van der Waals surface area contributed by atoms with Gasteiger partial charge in [0.05, 0.1) is 0 Å². The summed E-state index contributed by atoms with van der Waals surface area (Å²) in [4.78, 5) is 10.8. The van der Waals surface area contributed by atoms with Gasteiger partial charge in [-0.25, -0.2) is 5.48 Å². The van der Waals surface area contributed by atoms with E-state index in [4.69, 9.17) is 16.8 Å². The first kappa shape index (κ1) is 22.7. The summed E-state index contributed by atoms with van der Waals surface area (Å²) in [6.07, 6.45) is 21.2. The largest absolute Gasteiger partial charge is 0.289 e. The molecule has 0 aromatic carbocycles. The van der Waals surface area contributed by atoms with Gasteiger partial charge in [-0.05, 0) is 12.8 Å². The van der Waals surface area contributed by atoms with Crippen LogP contribution >= 0.6 is 11.6 Å². The van der Waals surface area contributed by atoms with Gasteiger partial charge < -0.3 is 0 Å². The van der Waals surface area contributed by atoms with Crippen molar-refractivity contribution in [2.45, 2.75) is 109 Å². The standard InChI is InChI=1S/C19H38ClNO2/c20-18-16-14-12-10-8-6-4-2-1-3-5-7-9-11-13-15-17-19(22)21-23/h23H,1-18H2,(H,21,22). The Bertz CT molecular complexity index is 250. The molecule has 0 spiro atoms. The van der Waals surface area contributed by atoms with Crippen LogP contribution in [0.3, 0.4) is 0 Å². The van der Waals surface area contributed by atoms with E-state index in [0.717, 1.165) is 18.7 Å². The zero-order chi connectivity index (χ0) is 17.0. The maximum absolute atomic E-state index is 10.8. The number of hydrogen-bond donors (Lipinski definition) is 2. The number of nitrogens with one attached hydrogen (secondary N) is 1. The average Bonchev–Trinajstić information content (AvgIpc) is 2.57. The number of unbranched alkanes of at least 4 members (excludes halogenated alkanes) is 15. The van der Waals surface area contributed by atoms with Gasteiger partial charge in [-0.2, -0.15) is 0 Å². The van der Waals surface area contributed by atoms with E-state index in [1.54, 1.807) is 5.48 Å². The van der Waals surface area contributed by atoms with Gasteiger partial charge in [-0.15, -0.1) is 11.6 Å². The molecule has 0 aromatic rings. The van der Waals surface area contributed by atoms with Gasteiger partial charge in [0.2, 0.25) is 5.91 Å². The van der Waals surface area contributed by atoms with Crippen molar-refractivity contribution in [3.8, 4) is 0 Å². The monoisotopic (exact) mass is 347 g/mol. The number of amides is 1. The molecule has 0 unspecified atom stereocenters. The zero-order valence-corrected chi connectivity index (χ0v) is 15.7. The Morgan fingerprint density at radius 3 is 1.22 bits per heavy atom. The Kier molecular flexibility index (Phi) is 19.5. The van der Waals surface area contributed by atoms with E-state index in [0.29, 0.717) is 6.42 Å². The molecule has 138 valence electrons. The third-order valence-electron chi connectivity index (χ3n) is 4.41. The van der Waals surface area contributed by atoms with Crippen molar-refractivity contribution in [2.24, 2.45) is 0 Å². The molecule has 0 atom stereocenters. The van der Waals surface area contributed by atoms with Crippen LogP contribution in [-0.2, 0) is 4.79 Å². The van der Waals surface area contributed by atoms with Crippen LogP contribution < -0.4 is 5.48 Å². The number of halogens is 1. The second-order valence-electron chi connectivity index (χ2n) is 6.63. The molecule has 2 N–H and O–H groups in total. The third-order valence-corrected chi connectivity index (χ3v) is 4.68. The summed E-state index contributed by atoms with van der Waals surface area (Å²) < 4.78 is 0. The van der Waals surface area contributed by atoms with E-state index in [1.165, 1.54) is 89.9 Å². The molecule has 0 aliphatic heterocycles. The Balaban J connectivity index is 2.99. The summed E-state index contributed by atoms with van der Waals surface area (Å²) >= 11 is 5.66. The second-order valence-corrected chi connectivity index (χ2v) is 7.01. The SMILES string of the molecule is O=C(CCCCCCCCCCCCCCCCCCCl)NO. The van der Waals surface area contributed by atoms with Crippen LogP contribution in [0.4, 0.5) is 0 Å². The van der Waals surface area contributed by atoms with Crippen molar-refractivity contribution in [1.82, 2.24) is 5.48 Å². The molecule has 0 fully saturated rings. The normalized spacial score (nSPS) is 10.9. The zero-order valence-electron chi connectivity index (χ0n) is 15.0. The fourth-order valence-corrected chi connectivity index (χ4v) is 3.10. The minimum absolute atomic E-state index is 0.264. The minimum Gasteiger partial charge on any atom is -0.289 e. The fourth-order valence-electron chi connectivity index (χ4n) is 2.91. The van der Waals surface area contributed by atoms with Crippen LogP contribution in [-0.4, -0.2) is 17.0 Å². The average molecular weight is 348 g/mol. The van der Waals surface area contributed by atoms with Gasteiger partial charge >= 0.3 is 0 Å². The van der Waals surface area contributed by atoms with Crippen LogP contribution in [0.1, 0.15) is 109 Å². The summed E-state index contributed by atoms with van der Waals surface area (Å²) in [6.45, 7) is 0. The van der Waals surface area contributed by atoms with Crippen molar-refractivity contribution in [3.63, 3.8) is 0 Å². The maximum atomic E-state index is 10.8. The molecule has 0 heterocycles. The molecule has 0 bridgehead atoms. The van der Waals surface area contributed by atoms with Crippen molar-refractivity contribution in [3.05, 3.63) is 0 Å². The Hall–Kier alpha value is -0.280. The lowest BCUT2D eigenvalue weighted by molar-refractivity contribution is -0.129. The quantitative estimate of drug-likeness (QED) is 0.131. The molecular weight excluding hydrogens is 310 g/mol. The predicted molar refractivity (Wildman–Crippen MR) is 99.1 cm³/mol.